The lowest BCUT2D eigenvalue weighted by Crippen LogP contribution is -2.19. The second kappa shape index (κ2) is 11.7. The molecule has 2 aromatic heterocycles. The number of rotatable bonds is 10. The molecule has 4 rings (SSSR count). The number of amides is 1. The van der Waals surface area contributed by atoms with Gasteiger partial charge in [0.2, 0.25) is 5.82 Å². The third-order valence-corrected chi connectivity index (χ3v) is 6.15. The number of aromatic nitrogens is 4. The number of hydrogen-bond donors (Lipinski definition) is 3. The molecule has 0 bridgehead atoms. The summed E-state index contributed by atoms with van der Waals surface area (Å²) in [5.74, 6) is 0.287. The Hall–Kier alpha value is -3.82. The Bertz CT molecular complexity index is 1430. The zero-order valence-electron chi connectivity index (χ0n) is 21.4. The predicted molar refractivity (Wildman–Crippen MR) is 144 cm³/mol. The van der Waals surface area contributed by atoms with Crippen LogP contribution < -0.4 is 10.1 Å². The van der Waals surface area contributed by atoms with Gasteiger partial charge in [-0.3, -0.25) is 9.89 Å². The summed E-state index contributed by atoms with van der Waals surface area (Å²) in [5, 5.41) is 19.6. The van der Waals surface area contributed by atoms with E-state index in [1.807, 2.05) is 25.1 Å². The fourth-order valence-corrected chi connectivity index (χ4v) is 4.06. The molecule has 10 heteroatoms. The molecule has 8 nitrogen and oxygen atoms in total. The zero-order valence-corrected chi connectivity index (χ0v) is 22.1. The van der Waals surface area contributed by atoms with Crippen molar-refractivity contribution < 1.29 is 19.0 Å². The standard InChI is InChI=1S/C28H29ClFN5O3/c1-17-9-10-19(38-12-6-11-28(2,3)37)14-20(17)21-15-24(31-16-22(21)29)33-27(36)26-32-25(34-35-26)13-18-7-4-5-8-23(18)30/h4-5,7-10,14-16,37H,6,11-13H2,1-3H3,(H,31,33,36)(H,32,34,35). The molecule has 2 aromatic carbocycles. The summed E-state index contributed by atoms with van der Waals surface area (Å²) in [6.07, 6.45) is 2.97. The van der Waals surface area contributed by atoms with Crippen molar-refractivity contribution in [1.82, 2.24) is 20.2 Å². The summed E-state index contributed by atoms with van der Waals surface area (Å²) < 4.78 is 19.8. The molecular formula is C28H29ClFN5O3. The normalized spacial score (nSPS) is 11.4. The molecule has 0 aliphatic carbocycles. The molecule has 3 N–H and O–H groups in total. The number of ether oxygens (including phenoxy) is 1. The van der Waals surface area contributed by atoms with Gasteiger partial charge in [0.1, 0.15) is 23.2 Å². The van der Waals surface area contributed by atoms with Crippen LogP contribution in [0.2, 0.25) is 5.02 Å². The minimum Gasteiger partial charge on any atom is -0.494 e. The number of aliphatic hydroxyl groups is 1. The van der Waals surface area contributed by atoms with E-state index in [0.717, 1.165) is 11.1 Å². The third kappa shape index (κ3) is 7.14. The number of hydrogen-bond acceptors (Lipinski definition) is 6. The van der Waals surface area contributed by atoms with Crippen molar-refractivity contribution in [3.63, 3.8) is 0 Å². The number of nitrogens with one attached hydrogen (secondary N) is 2. The number of carbonyl (C=O) groups excluding carboxylic acids is 1. The van der Waals surface area contributed by atoms with Gasteiger partial charge in [0, 0.05) is 18.2 Å². The molecule has 0 saturated carbocycles. The quantitative estimate of drug-likeness (QED) is 0.222. The highest BCUT2D eigenvalue weighted by Crippen LogP contribution is 2.34. The molecule has 0 saturated heterocycles. The van der Waals surface area contributed by atoms with E-state index in [0.29, 0.717) is 47.2 Å². The third-order valence-electron chi connectivity index (χ3n) is 5.85. The van der Waals surface area contributed by atoms with E-state index in [2.05, 4.69) is 25.5 Å². The topological polar surface area (TPSA) is 113 Å². The van der Waals surface area contributed by atoms with E-state index >= 15 is 0 Å². The average Bonchev–Trinajstić information content (AvgIpc) is 3.34. The van der Waals surface area contributed by atoms with Crippen LogP contribution in [0.15, 0.2) is 54.7 Å². The maximum Gasteiger partial charge on any atom is 0.296 e. The Labute approximate surface area is 225 Å². The van der Waals surface area contributed by atoms with E-state index in [1.165, 1.54) is 12.3 Å². The summed E-state index contributed by atoms with van der Waals surface area (Å²) in [6, 6.07) is 13.7. The van der Waals surface area contributed by atoms with Crippen LogP contribution in [0.4, 0.5) is 10.2 Å². The van der Waals surface area contributed by atoms with Crippen LogP contribution >= 0.6 is 11.6 Å². The van der Waals surface area contributed by atoms with Crippen molar-refractivity contribution in [2.75, 3.05) is 11.9 Å². The largest absolute Gasteiger partial charge is 0.494 e. The Balaban J connectivity index is 1.46. The summed E-state index contributed by atoms with van der Waals surface area (Å²) >= 11 is 6.47. The highest BCUT2D eigenvalue weighted by Gasteiger charge is 2.17. The number of anilines is 1. The van der Waals surface area contributed by atoms with Crippen molar-refractivity contribution >= 4 is 23.3 Å². The molecule has 38 heavy (non-hydrogen) atoms. The van der Waals surface area contributed by atoms with Gasteiger partial charge in [-0.1, -0.05) is 35.9 Å². The van der Waals surface area contributed by atoms with Gasteiger partial charge in [-0.05, 0) is 74.6 Å². The number of benzene rings is 2. The van der Waals surface area contributed by atoms with Crippen LogP contribution in [0.5, 0.6) is 5.75 Å². The van der Waals surface area contributed by atoms with Crippen molar-refractivity contribution in [3.05, 3.63) is 88.3 Å². The Kier molecular flexibility index (Phi) is 8.38. The molecule has 4 aromatic rings. The summed E-state index contributed by atoms with van der Waals surface area (Å²) in [5.41, 5.74) is 2.18. The Morgan fingerprint density at radius 3 is 2.74 bits per heavy atom. The lowest BCUT2D eigenvalue weighted by molar-refractivity contribution is 0.0641. The number of halogens is 2. The highest BCUT2D eigenvalue weighted by molar-refractivity contribution is 6.33. The average molecular weight is 538 g/mol. The molecular weight excluding hydrogens is 509 g/mol. The van der Waals surface area contributed by atoms with Crippen LogP contribution in [0.3, 0.4) is 0 Å². The second-order valence-electron chi connectivity index (χ2n) is 9.62. The second-order valence-corrected chi connectivity index (χ2v) is 10.0. The molecule has 2 heterocycles. The van der Waals surface area contributed by atoms with Crippen molar-refractivity contribution in [3.8, 4) is 16.9 Å². The van der Waals surface area contributed by atoms with E-state index in [9.17, 15) is 14.3 Å². The number of aromatic amines is 1. The summed E-state index contributed by atoms with van der Waals surface area (Å²) in [7, 11) is 0. The predicted octanol–water partition coefficient (Wildman–Crippen LogP) is 5.74. The van der Waals surface area contributed by atoms with Gasteiger partial charge >= 0.3 is 0 Å². The molecule has 0 aliphatic heterocycles. The van der Waals surface area contributed by atoms with Crippen LogP contribution in [0, 0.1) is 12.7 Å². The first kappa shape index (κ1) is 27.2. The summed E-state index contributed by atoms with van der Waals surface area (Å²) in [6.45, 7) is 5.96. The fraction of sp³-hybridized carbons (Fsp3) is 0.286. The van der Waals surface area contributed by atoms with Crippen molar-refractivity contribution in [1.29, 1.82) is 0 Å². The minimum absolute atomic E-state index is 0.0905. The number of pyridine rings is 1. The van der Waals surface area contributed by atoms with Gasteiger partial charge in [0.15, 0.2) is 0 Å². The molecule has 0 aliphatic rings. The van der Waals surface area contributed by atoms with Crippen LogP contribution in [-0.4, -0.2) is 43.4 Å². The van der Waals surface area contributed by atoms with Gasteiger partial charge in [-0.15, -0.1) is 5.10 Å². The monoisotopic (exact) mass is 537 g/mol. The first-order chi connectivity index (χ1) is 18.1. The van der Waals surface area contributed by atoms with Crippen molar-refractivity contribution in [2.45, 2.75) is 45.6 Å². The first-order valence-corrected chi connectivity index (χ1v) is 12.5. The first-order valence-electron chi connectivity index (χ1n) is 12.2. The Morgan fingerprint density at radius 1 is 1.18 bits per heavy atom. The molecule has 1 amide bonds. The smallest absolute Gasteiger partial charge is 0.296 e. The van der Waals surface area contributed by atoms with Crippen LogP contribution in [0.25, 0.3) is 11.1 Å². The molecule has 0 fully saturated rings. The van der Waals surface area contributed by atoms with Crippen LogP contribution in [0.1, 0.15) is 54.3 Å². The van der Waals surface area contributed by atoms with E-state index < -0.39 is 11.5 Å². The van der Waals surface area contributed by atoms with E-state index in [-0.39, 0.29) is 23.9 Å². The van der Waals surface area contributed by atoms with Gasteiger partial charge in [0.05, 0.1) is 17.2 Å². The number of aryl methyl sites for hydroxylation is 1. The molecule has 0 radical (unpaired) electrons. The molecule has 0 unspecified atom stereocenters. The van der Waals surface area contributed by atoms with Crippen LogP contribution in [-0.2, 0) is 6.42 Å². The summed E-state index contributed by atoms with van der Waals surface area (Å²) in [4.78, 5) is 21.2. The maximum atomic E-state index is 13.9. The Morgan fingerprint density at radius 2 is 1.97 bits per heavy atom. The molecule has 0 atom stereocenters. The lowest BCUT2D eigenvalue weighted by Gasteiger charge is -2.17. The highest BCUT2D eigenvalue weighted by atomic mass is 35.5. The van der Waals surface area contributed by atoms with Crippen molar-refractivity contribution in [2.24, 2.45) is 0 Å². The van der Waals surface area contributed by atoms with Gasteiger partial charge in [0.25, 0.3) is 5.91 Å². The van der Waals surface area contributed by atoms with E-state index in [1.54, 1.807) is 38.1 Å². The lowest BCUT2D eigenvalue weighted by atomic mass is 10.0. The fourth-order valence-electron chi connectivity index (χ4n) is 3.86. The van der Waals surface area contributed by atoms with Gasteiger partial charge in [-0.2, -0.15) is 0 Å². The number of carbonyl (C=O) groups is 1. The SMILES string of the molecule is Cc1ccc(OCCCC(C)(C)O)cc1-c1cc(NC(=O)c2n[nH]c(Cc3ccccc3F)n2)ncc1Cl. The molecule has 0 spiro atoms. The molecule has 198 valence electrons. The number of nitrogens with zero attached hydrogens (tertiary/aromatic N) is 3. The maximum absolute atomic E-state index is 13.9. The minimum atomic E-state index is -0.736. The zero-order chi connectivity index (χ0) is 27.3. The number of H-pyrrole nitrogens is 1. The van der Waals surface area contributed by atoms with Gasteiger partial charge in [-0.25, -0.2) is 14.4 Å². The van der Waals surface area contributed by atoms with E-state index in [4.69, 9.17) is 16.3 Å². The van der Waals surface area contributed by atoms with Gasteiger partial charge < -0.3 is 15.2 Å².